The highest BCUT2D eigenvalue weighted by Gasteiger charge is 2.22. The van der Waals surface area contributed by atoms with E-state index in [9.17, 15) is 0 Å². The number of ether oxygens (including phenoxy) is 1. The van der Waals surface area contributed by atoms with Crippen LogP contribution in [0, 0.1) is 0 Å². The molecule has 1 saturated heterocycles. The summed E-state index contributed by atoms with van der Waals surface area (Å²) in [7, 11) is 1.67. The van der Waals surface area contributed by atoms with Crippen LogP contribution in [-0.4, -0.2) is 37.3 Å². The van der Waals surface area contributed by atoms with Crippen molar-refractivity contribution in [2.24, 2.45) is 0 Å². The van der Waals surface area contributed by atoms with E-state index in [2.05, 4.69) is 29.0 Å². The predicted octanol–water partition coefficient (Wildman–Crippen LogP) is 1.28. The fourth-order valence-electron chi connectivity index (χ4n) is 2.06. The zero-order chi connectivity index (χ0) is 11.5. The molecule has 1 fully saturated rings. The molecule has 4 heteroatoms. The molecule has 2 unspecified atom stereocenters. The number of rotatable bonds is 2. The third-order valence-electron chi connectivity index (χ3n) is 3.03. The molecule has 0 aliphatic carbocycles. The Hall–Kier alpha value is -1.29. The summed E-state index contributed by atoms with van der Waals surface area (Å²) >= 11 is 0. The van der Waals surface area contributed by atoms with E-state index in [4.69, 9.17) is 4.74 Å². The molecule has 88 valence electrons. The molecule has 0 bridgehead atoms. The molecule has 4 nitrogen and oxygen atoms in total. The summed E-state index contributed by atoms with van der Waals surface area (Å²) in [5.41, 5.74) is 1.14. The molecular weight excluding hydrogens is 202 g/mol. The maximum atomic E-state index is 5.20. The normalized spacial score (nSPS) is 25.6. The van der Waals surface area contributed by atoms with Gasteiger partial charge in [-0.2, -0.15) is 0 Å². The third kappa shape index (κ3) is 2.27. The molecule has 1 aliphatic heterocycles. The molecule has 0 radical (unpaired) electrons. The highest BCUT2D eigenvalue weighted by molar-refractivity contribution is 5.49. The highest BCUT2D eigenvalue weighted by atomic mass is 16.5. The van der Waals surface area contributed by atoms with Crippen LogP contribution in [-0.2, 0) is 0 Å². The van der Waals surface area contributed by atoms with Gasteiger partial charge in [0.2, 0.25) is 0 Å². The van der Waals surface area contributed by atoms with Gasteiger partial charge in [-0.15, -0.1) is 0 Å². The van der Waals surface area contributed by atoms with Crippen molar-refractivity contribution in [2.75, 3.05) is 25.1 Å². The largest absolute Gasteiger partial charge is 0.495 e. The van der Waals surface area contributed by atoms with E-state index in [1.165, 1.54) is 0 Å². The van der Waals surface area contributed by atoms with Crippen molar-refractivity contribution in [3.63, 3.8) is 0 Å². The number of aromatic nitrogens is 1. The maximum Gasteiger partial charge on any atom is 0.139 e. The standard InChI is InChI=1S/C12H19N3O/c1-9-8-15(10(2)5-14-9)11-4-12(16-3)7-13-6-11/h4,6-7,9-10,14H,5,8H2,1-3H3. The molecule has 1 aliphatic rings. The average Bonchev–Trinajstić information content (AvgIpc) is 2.32. The lowest BCUT2D eigenvalue weighted by Gasteiger charge is -2.39. The molecular formula is C12H19N3O. The van der Waals surface area contributed by atoms with Gasteiger partial charge in [0.1, 0.15) is 5.75 Å². The Morgan fingerprint density at radius 1 is 1.44 bits per heavy atom. The molecule has 0 amide bonds. The summed E-state index contributed by atoms with van der Waals surface area (Å²) in [5, 5.41) is 3.47. The Labute approximate surface area is 96.6 Å². The first-order chi connectivity index (χ1) is 7.70. The van der Waals surface area contributed by atoms with Gasteiger partial charge in [0, 0.05) is 31.2 Å². The lowest BCUT2D eigenvalue weighted by Crippen LogP contribution is -2.54. The Bertz CT molecular complexity index is 356. The van der Waals surface area contributed by atoms with Crippen molar-refractivity contribution in [1.82, 2.24) is 10.3 Å². The Morgan fingerprint density at radius 2 is 2.25 bits per heavy atom. The molecule has 2 rings (SSSR count). The van der Waals surface area contributed by atoms with Crippen LogP contribution >= 0.6 is 0 Å². The third-order valence-corrected chi connectivity index (χ3v) is 3.03. The molecule has 1 aromatic heterocycles. The van der Waals surface area contributed by atoms with Gasteiger partial charge in [0.05, 0.1) is 25.2 Å². The van der Waals surface area contributed by atoms with Gasteiger partial charge in [-0.25, -0.2) is 0 Å². The van der Waals surface area contributed by atoms with Crippen molar-refractivity contribution < 1.29 is 4.74 Å². The fraction of sp³-hybridized carbons (Fsp3) is 0.583. The smallest absolute Gasteiger partial charge is 0.139 e. The molecule has 0 aromatic carbocycles. The zero-order valence-corrected chi connectivity index (χ0v) is 10.1. The number of pyridine rings is 1. The highest BCUT2D eigenvalue weighted by Crippen LogP contribution is 2.22. The Morgan fingerprint density at radius 3 is 3.00 bits per heavy atom. The topological polar surface area (TPSA) is 37.4 Å². The van der Waals surface area contributed by atoms with Crippen LogP contribution in [0.1, 0.15) is 13.8 Å². The predicted molar refractivity (Wildman–Crippen MR) is 65.1 cm³/mol. The lowest BCUT2D eigenvalue weighted by molar-refractivity contribution is 0.408. The second-order valence-corrected chi connectivity index (χ2v) is 4.39. The SMILES string of the molecule is COc1cncc(N2CC(C)NCC2C)c1. The van der Waals surface area contributed by atoms with Crippen LogP contribution in [0.5, 0.6) is 5.75 Å². The van der Waals surface area contributed by atoms with Gasteiger partial charge in [-0.05, 0) is 13.8 Å². The maximum absolute atomic E-state index is 5.20. The van der Waals surface area contributed by atoms with Crippen molar-refractivity contribution in [2.45, 2.75) is 25.9 Å². The van der Waals surface area contributed by atoms with E-state index in [-0.39, 0.29) is 0 Å². The zero-order valence-electron chi connectivity index (χ0n) is 10.1. The number of nitrogens with zero attached hydrogens (tertiary/aromatic N) is 2. The van der Waals surface area contributed by atoms with Gasteiger partial charge < -0.3 is 15.0 Å². The first-order valence-electron chi connectivity index (χ1n) is 5.69. The molecule has 2 heterocycles. The molecule has 0 saturated carbocycles. The minimum Gasteiger partial charge on any atom is -0.495 e. The minimum absolute atomic E-state index is 0.491. The molecule has 16 heavy (non-hydrogen) atoms. The summed E-state index contributed by atoms with van der Waals surface area (Å²) in [6.45, 7) is 6.44. The second-order valence-electron chi connectivity index (χ2n) is 4.39. The Balaban J connectivity index is 2.20. The van der Waals surface area contributed by atoms with E-state index in [0.29, 0.717) is 12.1 Å². The van der Waals surface area contributed by atoms with E-state index < -0.39 is 0 Å². The minimum atomic E-state index is 0.491. The number of nitrogens with one attached hydrogen (secondary N) is 1. The fourth-order valence-corrected chi connectivity index (χ4v) is 2.06. The quantitative estimate of drug-likeness (QED) is 0.816. The first-order valence-corrected chi connectivity index (χ1v) is 5.69. The van der Waals surface area contributed by atoms with Crippen LogP contribution in [0.15, 0.2) is 18.5 Å². The van der Waals surface area contributed by atoms with Gasteiger partial charge in [-0.1, -0.05) is 0 Å². The number of anilines is 1. The van der Waals surface area contributed by atoms with Crippen LogP contribution in [0.25, 0.3) is 0 Å². The summed E-state index contributed by atoms with van der Waals surface area (Å²) in [6.07, 6.45) is 3.64. The number of piperazine rings is 1. The summed E-state index contributed by atoms with van der Waals surface area (Å²) in [6, 6.07) is 3.05. The monoisotopic (exact) mass is 221 g/mol. The molecule has 1 aromatic rings. The van der Waals surface area contributed by atoms with Gasteiger partial charge >= 0.3 is 0 Å². The van der Waals surface area contributed by atoms with Crippen molar-refractivity contribution in [3.05, 3.63) is 18.5 Å². The Kier molecular flexibility index (Phi) is 3.29. The second kappa shape index (κ2) is 4.70. The van der Waals surface area contributed by atoms with Crippen molar-refractivity contribution >= 4 is 5.69 Å². The molecule has 1 N–H and O–H groups in total. The van der Waals surface area contributed by atoms with Gasteiger partial charge in [0.15, 0.2) is 0 Å². The van der Waals surface area contributed by atoms with E-state index in [0.717, 1.165) is 24.5 Å². The summed E-state index contributed by atoms with van der Waals surface area (Å²) in [5.74, 6) is 0.816. The average molecular weight is 221 g/mol. The number of hydrogen-bond donors (Lipinski definition) is 1. The van der Waals surface area contributed by atoms with Gasteiger partial charge in [0.25, 0.3) is 0 Å². The summed E-state index contributed by atoms with van der Waals surface area (Å²) < 4.78 is 5.20. The number of methoxy groups -OCH3 is 1. The number of hydrogen-bond acceptors (Lipinski definition) is 4. The lowest BCUT2D eigenvalue weighted by atomic mass is 10.1. The van der Waals surface area contributed by atoms with Crippen LogP contribution < -0.4 is 15.0 Å². The molecule has 0 spiro atoms. The van der Waals surface area contributed by atoms with Crippen molar-refractivity contribution in [1.29, 1.82) is 0 Å². The van der Waals surface area contributed by atoms with Crippen LogP contribution in [0.4, 0.5) is 5.69 Å². The first kappa shape index (κ1) is 11.2. The molecule has 2 atom stereocenters. The van der Waals surface area contributed by atoms with Gasteiger partial charge in [-0.3, -0.25) is 4.98 Å². The van der Waals surface area contributed by atoms with E-state index >= 15 is 0 Å². The van der Waals surface area contributed by atoms with Crippen LogP contribution in [0.2, 0.25) is 0 Å². The van der Waals surface area contributed by atoms with E-state index in [1.807, 2.05) is 12.3 Å². The van der Waals surface area contributed by atoms with Crippen LogP contribution in [0.3, 0.4) is 0 Å². The van der Waals surface area contributed by atoms with E-state index in [1.54, 1.807) is 13.3 Å². The van der Waals surface area contributed by atoms with Crippen molar-refractivity contribution in [3.8, 4) is 5.75 Å². The summed E-state index contributed by atoms with van der Waals surface area (Å²) in [4.78, 5) is 6.57.